The fourth-order valence-corrected chi connectivity index (χ4v) is 5.42. The van der Waals surface area contributed by atoms with Crippen molar-refractivity contribution in [1.29, 1.82) is 0 Å². The lowest BCUT2D eigenvalue weighted by Gasteiger charge is -2.34. The molecule has 33 heavy (non-hydrogen) atoms. The monoisotopic (exact) mass is 490 g/mol. The molecule has 0 N–H and O–H groups in total. The lowest BCUT2D eigenvalue weighted by Crippen LogP contribution is -2.49. The fraction of sp³-hybridized carbons (Fsp3) is 0.571. The number of rotatable bonds is 6. The number of imidazole rings is 1. The molecule has 2 aromatic rings. The molecule has 12 heteroatoms. The van der Waals surface area contributed by atoms with Gasteiger partial charge in [0.2, 0.25) is 0 Å². The Morgan fingerprint density at radius 1 is 1.21 bits per heavy atom. The number of hydrogen-bond acceptors (Lipinski definition) is 5. The van der Waals surface area contributed by atoms with Crippen LogP contribution in [0.4, 0.5) is 23.2 Å². The van der Waals surface area contributed by atoms with Crippen LogP contribution in [0.5, 0.6) is 0 Å². The second-order valence-corrected chi connectivity index (χ2v) is 10.5. The summed E-state index contributed by atoms with van der Waals surface area (Å²) in [5.41, 5.74) is -4.65. The lowest BCUT2D eigenvalue weighted by atomic mass is 10.1. The van der Waals surface area contributed by atoms with Gasteiger partial charge in [-0.05, 0) is 25.0 Å². The molecule has 0 radical (unpaired) electrons. The number of aromatic nitrogens is 2. The van der Waals surface area contributed by atoms with E-state index in [0.717, 1.165) is 31.7 Å². The minimum atomic E-state index is -5.68. The van der Waals surface area contributed by atoms with Crippen LogP contribution >= 0.6 is 0 Å². The second-order valence-electron chi connectivity index (χ2n) is 8.53. The van der Waals surface area contributed by atoms with Crippen molar-refractivity contribution < 1.29 is 30.7 Å². The summed E-state index contributed by atoms with van der Waals surface area (Å²) < 4.78 is 87.9. The Hall–Kier alpha value is -2.18. The van der Waals surface area contributed by atoms with Gasteiger partial charge in [-0.25, -0.2) is 17.8 Å². The predicted octanol–water partition coefficient (Wildman–Crippen LogP) is 3.56. The molecule has 0 amide bonds. The van der Waals surface area contributed by atoms with Gasteiger partial charge in [0, 0.05) is 37.6 Å². The number of sulfonamides is 1. The van der Waals surface area contributed by atoms with Crippen molar-refractivity contribution in [3.8, 4) is 0 Å². The van der Waals surface area contributed by atoms with Gasteiger partial charge < -0.3 is 14.2 Å². The molecule has 0 spiro atoms. The third-order valence-electron chi connectivity index (χ3n) is 6.14. The summed E-state index contributed by atoms with van der Waals surface area (Å²) in [7, 11) is -3.90. The van der Waals surface area contributed by atoms with E-state index < -0.39 is 40.5 Å². The quantitative estimate of drug-likeness (QED) is 0.580. The average molecular weight is 491 g/mol. The Morgan fingerprint density at radius 2 is 1.94 bits per heavy atom. The SMILES string of the molecule is Cn1cnc(CN2c3cccc(F)c3CN(S(=O)(=O)C(F)(F)F)C[C@@H]2COC2CCCC2)c1. The molecule has 0 bridgehead atoms. The number of benzene rings is 1. The van der Waals surface area contributed by atoms with Crippen LogP contribution in [0.1, 0.15) is 36.9 Å². The van der Waals surface area contributed by atoms with E-state index in [-0.39, 0.29) is 24.8 Å². The highest BCUT2D eigenvalue weighted by Crippen LogP contribution is 2.36. The average Bonchev–Trinajstić information content (AvgIpc) is 3.37. The summed E-state index contributed by atoms with van der Waals surface area (Å²) in [6, 6.07) is 3.40. The van der Waals surface area contributed by atoms with E-state index in [1.54, 1.807) is 35.1 Å². The maximum Gasteiger partial charge on any atom is 0.511 e. The van der Waals surface area contributed by atoms with Crippen LogP contribution in [-0.4, -0.2) is 53.1 Å². The maximum atomic E-state index is 14.8. The number of ether oxygens (including phenoxy) is 1. The van der Waals surface area contributed by atoms with Crippen LogP contribution in [-0.2, 0) is 34.9 Å². The summed E-state index contributed by atoms with van der Waals surface area (Å²) in [5.74, 6) is -0.766. The standard InChI is InChI=1S/C21H26F4N4O3S/c1-27-9-15(26-14-27)10-29-16(13-32-17-5-2-3-6-17)11-28(33(30,31)21(23,24)25)12-18-19(22)7-4-8-20(18)29/h4,7-9,14,16-17H,2-3,5-6,10-13H2,1H3/t16-/m1/s1. The molecule has 0 unspecified atom stereocenters. The van der Waals surface area contributed by atoms with E-state index in [1.807, 2.05) is 0 Å². The van der Waals surface area contributed by atoms with Crippen molar-refractivity contribution in [1.82, 2.24) is 13.9 Å². The number of anilines is 1. The number of aryl methyl sites for hydroxylation is 1. The molecule has 1 aromatic heterocycles. The minimum Gasteiger partial charge on any atom is -0.376 e. The molecule has 1 aliphatic heterocycles. The molecule has 1 atom stereocenters. The summed E-state index contributed by atoms with van der Waals surface area (Å²) in [6.07, 6.45) is 7.04. The molecule has 0 saturated heterocycles. The molecule has 182 valence electrons. The molecule has 7 nitrogen and oxygen atoms in total. The van der Waals surface area contributed by atoms with Gasteiger partial charge in [0.1, 0.15) is 5.82 Å². The topological polar surface area (TPSA) is 67.7 Å². The van der Waals surface area contributed by atoms with E-state index in [1.165, 1.54) is 6.07 Å². The molecule has 2 heterocycles. The van der Waals surface area contributed by atoms with Crippen molar-refractivity contribution in [2.75, 3.05) is 18.1 Å². The van der Waals surface area contributed by atoms with Crippen LogP contribution in [0.3, 0.4) is 0 Å². The Balaban J connectivity index is 1.75. The van der Waals surface area contributed by atoms with E-state index in [0.29, 0.717) is 15.7 Å². The number of nitrogens with zero attached hydrogens (tertiary/aromatic N) is 4. The van der Waals surface area contributed by atoms with Gasteiger partial charge >= 0.3 is 15.5 Å². The van der Waals surface area contributed by atoms with Crippen LogP contribution in [0.2, 0.25) is 0 Å². The van der Waals surface area contributed by atoms with Gasteiger partial charge in [0.05, 0.1) is 37.3 Å². The molecule has 2 aliphatic rings. The number of alkyl halides is 3. The number of halogens is 4. The number of hydrogen-bond donors (Lipinski definition) is 0. The highest BCUT2D eigenvalue weighted by Gasteiger charge is 2.51. The zero-order chi connectivity index (χ0) is 23.8. The molecule has 1 saturated carbocycles. The second kappa shape index (κ2) is 9.22. The zero-order valence-corrected chi connectivity index (χ0v) is 18.9. The normalized spacial score (nSPS) is 20.8. The smallest absolute Gasteiger partial charge is 0.376 e. The van der Waals surface area contributed by atoms with E-state index in [9.17, 15) is 26.0 Å². The first-order valence-corrected chi connectivity index (χ1v) is 12.2. The summed E-state index contributed by atoms with van der Waals surface area (Å²) >= 11 is 0. The summed E-state index contributed by atoms with van der Waals surface area (Å²) in [4.78, 5) is 6.00. The Bertz CT molecular complexity index is 1080. The fourth-order valence-electron chi connectivity index (χ4n) is 4.46. The Kier molecular flexibility index (Phi) is 6.70. The van der Waals surface area contributed by atoms with Crippen LogP contribution in [0.15, 0.2) is 30.7 Å². The van der Waals surface area contributed by atoms with Gasteiger partial charge in [0.25, 0.3) is 0 Å². The minimum absolute atomic E-state index is 0.0112. The van der Waals surface area contributed by atoms with E-state index in [4.69, 9.17) is 4.74 Å². The molecule has 1 fully saturated rings. The zero-order valence-electron chi connectivity index (χ0n) is 18.1. The van der Waals surface area contributed by atoms with Crippen molar-refractivity contribution in [3.63, 3.8) is 0 Å². The molecular formula is C21H26F4N4O3S. The molecular weight excluding hydrogens is 464 g/mol. The van der Waals surface area contributed by atoms with Crippen LogP contribution in [0.25, 0.3) is 0 Å². The van der Waals surface area contributed by atoms with E-state index in [2.05, 4.69) is 4.98 Å². The Morgan fingerprint density at radius 3 is 2.58 bits per heavy atom. The molecule has 1 aromatic carbocycles. The first-order chi connectivity index (χ1) is 15.6. The molecule has 4 rings (SSSR count). The van der Waals surface area contributed by atoms with Gasteiger partial charge in [-0.15, -0.1) is 0 Å². The van der Waals surface area contributed by atoms with Gasteiger partial charge in [0.15, 0.2) is 0 Å². The Labute approximate surface area is 190 Å². The van der Waals surface area contributed by atoms with Gasteiger partial charge in [-0.2, -0.15) is 17.5 Å². The summed E-state index contributed by atoms with van der Waals surface area (Å²) in [6.45, 7) is -1.04. The highest BCUT2D eigenvalue weighted by molar-refractivity contribution is 7.89. The third-order valence-corrected chi connectivity index (χ3v) is 7.69. The third kappa shape index (κ3) is 5.02. The highest BCUT2D eigenvalue weighted by atomic mass is 32.2. The largest absolute Gasteiger partial charge is 0.511 e. The maximum absolute atomic E-state index is 14.8. The first kappa shape index (κ1) is 24.0. The van der Waals surface area contributed by atoms with E-state index >= 15 is 0 Å². The van der Waals surface area contributed by atoms with Crippen molar-refractivity contribution in [3.05, 3.63) is 47.8 Å². The molecule has 1 aliphatic carbocycles. The van der Waals surface area contributed by atoms with Gasteiger partial charge in [-0.1, -0.05) is 18.9 Å². The van der Waals surface area contributed by atoms with Crippen LogP contribution in [0, 0.1) is 5.82 Å². The van der Waals surface area contributed by atoms with Crippen molar-refractivity contribution in [2.24, 2.45) is 7.05 Å². The van der Waals surface area contributed by atoms with Crippen LogP contribution < -0.4 is 4.90 Å². The van der Waals surface area contributed by atoms with Crippen molar-refractivity contribution >= 4 is 15.7 Å². The number of fused-ring (bicyclic) bond motifs is 1. The lowest BCUT2D eigenvalue weighted by molar-refractivity contribution is -0.0496. The van der Waals surface area contributed by atoms with Gasteiger partial charge in [-0.3, -0.25) is 0 Å². The first-order valence-electron chi connectivity index (χ1n) is 10.7. The van der Waals surface area contributed by atoms with Crippen molar-refractivity contribution in [2.45, 2.75) is 56.4 Å². The predicted molar refractivity (Wildman–Crippen MR) is 113 cm³/mol. The summed E-state index contributed by atoms with van der Waals surface area (Å²) in [5, 5.41) is 0.